The van der Waals surface area contributed by atoms with Gasteiger partial charge in [-0.25, -0.2) is 4.98 Å². The van der Waals surface area contributed by atoms with E-state index in [2.05, 4.69) is 36.3 Å². The number of hydrogen-bond donors (Lipinski definition) is 1. The SMILES string of the molecule is CC[C@H](C)c1ccc2oc(-c3ccc(NC(=O)c4ccccc4C)cc3)nc2c1. The molecule has 0 bridgehead atoms. The fourth-order valence-electron chi connectivity index (χ4n) is 3.33. The Morgan fingerprint density at radius 2 is 1.83 bits per heavy atom. The highest BCUT2D eigenvalue weighted by Crippen LogP contribution is 2.28. The number of anilines is 1. The van der Waals surface area contributed by atoms with E-state index in [0.29, 0.717) is 17.4 Å². The Kier molecular flexibility index (Phi) is 5.17. The summed E-state index contributed by atoms with van der Waals surface area (Å²) in [5, 5.41) is 2.94. The van der Waals surface area contributed by atoms with Crippen molar-refractivity contribution in [3.8, 4) is 11.5 Å². The first kappa shape index (κ1) is 18.9. The van der Waals surface area contributed by atoms with Gasteiger partial charge in [-0.15, -0.1) is 0 Å². The van der Waals surface area contributed by atoms with Crippen LogP contribution in [0.3, 0.4) is 0 Å². The minimum Gasteiger partial charge on any atom is -0.436 e. The van der Waals surface area contributed by atoms with Crippen LogP contribution in [0.4, 0.5) is 5.69 Å². The van der Waals surface area contributed by atoms with Gasteiger partial charge in [0.05, 0.1) is 0 Å². The van der Waals surface area contributed by atoms with Gasteiger partial charge in [0.2, 0.25) is 5.89 Å². The number of benzene rings is 3. The van der Waals surface area contributed by atoms with Crippen LogP contribution >= 0.6 is 0 Å². The molecule has 4 rings (SSSR count). The zero-order chi connectivity index (χ0) is 20.4. The molecule has 1 aromatic heterocycles. The van der Waals surface area contributed by atoms with Gasteiger partial charge in [-0.2, -0.15) is 0 Å². The van der Waals surface area contributed by atoms with Crippen LogP contribution in [0.1, 0.15) is 47.7 Å². The summed E-state index contributed by atoms with van der Waals surface area (Å²) in [7, 11) is 0. The van der Waals surface area contributed by atoms with Gasteiger partial charge in [0.1, 0.15) is 5.52 Å². The molecule has 1 amide bonds. The standard InChI is InChI=1S/C25H24N2O2/c1-4-16(2)19-11-14-23-22(15-19)27-25(29-23)18-9-12-20(13-10-18)26-24(28)21-8-6-5-7-17(21)3/h5-16H,4H2,1-3H3,(H,26,28)/t16-/m0/s1. The van der Waals surface area contributed by atoms with Crippen molar-refractivity contribution < 1.29 is 9.21 Å². The molecule has 0 fully saturated rings. The zero-order valence-corrected chi connectivity index (χ0v) is 16.9. The van der Waals surface area contributed by atoms with E-state index in [1.165, 1.54) is 5.56 Å². The molecule has 1 atom stereocenters. The molecule has 0 aliphatic carbocycles. The van der Waals surface area contributed by atoms with Crippen molar-refractivity contribution in [2.75, 3.05) is 5.32 Å². The molecule has 0 spiro atoms. The van der Waals surface area contributed by atoms with E-state index in [1.807, 2.05) is 61.5 Å². The van der Waals surface area contributed by atoms with Crippen LogP contribution < -0.4 is 5.32 Å². The average molecular weight is 384 g/mol. The summed E-state index contributed by atoms with van der Waals surface area (Å²) in [6, 6.07) is 21.3. The maximum Gasteiger partial charge on any atom is 0.255 e. The Hall–Kier alpha value is -3.40. The molecule has 0 unspecified atom stereocenters. The quantitative estimate of drug-likeness (QED) is 0.423. The van der Waals surface area contributed by atoms with Crippen LogP contribution in [0.5, 0.6) is 0 Å². The monoisotopic (exact) mass is 384 g/mol. The number of fused-ring (bicyclic) bond motifs is 1. The average Bonchev–Trinajstić information content (AvgIpc) is 3.17. The van der Waals surface area contributed by atoms with Crippen molar-refractivity contribution in [2.24, 2.45) is 0 Å². The zero-order valence-electron chi connectivity index (χ0n) is 16.9. The number of aromatic nitrogens is 1. The Labute approximate surface area is 170 Å². The number of hydrogen-bond acceptors (Lipinski definition) is 3. The molecule has 3 aromatic carbocycles. The van der Waals surface area contributed by atoms with Crippen LogP contribution in [-0.4, -0.2) is 10.9 Å². The van der Waals surface area contributed by atoms with E-state index < -0.39 is 0 Å². The lowest BCUT2D eigenvalue weighted by Gasteiger charge is -2.07. The van der Waals surface area contributed by atoms with Crippen molar-refractivity contribution in [2.45, 2.75) is 33.1 Å². The lowest BCUT2D eigenvalue weighted by molar-refractivity contribution is 0.102. The largest absolute Gasteiger partial charge is 0.436 e. The van der Waals surface area contributed by atoms with E-state index in [1.54, 1.807) is 0 Å². The van der Waals surface area contributed by atoms with E-state index in [4.69, 9.17) is 4.42 Å². The minimum absolute atomic E-state index is 0.115. The fraction of sp³-hybridized carbons (Fsp3) is 0.200. The molecule has 29 heavy (non-hydrogen) atoms. The van der Waals surface area contributed by atoms with E-state index in [-0.39, 0.29) is 5.91 Å². The normalized spacial score (nSPS) is 12.1. The van der Waals surface area contributed by atoms with E-state index in [0.717, 1.165) is 34.3 Å². The third-order valence-electron chi connectivity index (χ3n) is 5.37. The molecule has 1 N–H and O–H groups in total. The predicted octanol–water partition coefficient (Wildman–Crippen LogP) is 6.57. The Balaban J connectivity index is 1.54. The highest BCUT2D eigenvalue weighted by molar-refractivity contribution is 6.05. The predicted molar refractivity (Wildman–Crippen MR) is 117 cm³/mol. The number of carbonyl (C=O) groups is 1. The highest BCUT2D eigenvalue weighted by atomic mass is 16.3. The molecule has 4 aromatic rings. The number of aryl methyl sites for hydroxylation is 1. The molecule has 4 nitrogen and oxygen atoms in total. The van der Waals surface area contributed by atoms with Gasteiger partial charge in [-0.05, 0) is 72.9 Å². The molecule has 4 heteroatoms. The first-order valence-corrected chi connectivity index (χ1v) is 9.93. The lowest BCUT2D eigenvalue weighted by Crippen LogP contribution is -2.13. The van der Waals surface area contributed by atoms with Gasteiger partial charge in [0, 0.05) is 16.8 Å². The van der Waals surface area contributed by atoms with Gasteiger partial charge < -0.3 is 9.73 Å². The Morgan fingerprint density at radius 1 is 1.07 bits per heavy atom. The third kappa shape index (κ3) is 3.92. The van der Waals surface area contributed by atoms with Crippen molar-refractivity contribution >= 4 is 22.7 Å². The summed E-state index contributed by atoms with van der Waals surface area (Å²) in [4.78, 5) is 17.1. The smallest absolute Gasteiger partial charge is 0.255 e. The van der Waals surface area contributed by atoms with Gasteiger partial charge >= 0.3 is 0 Å². The van der Waals surface area contributed by atoms with Gasteiger partial charge in [-0.3, -0.25) is 4.79 Å². The van der Waals surface area contributed by atoms with Crippen molar-refractivity contribution in [1.82, 2.24) is 4.98 Å². The first-order chi connectivity index (χ1) is 14.0. The fourth-order valence-corrected chi connectivity index (χ4v) is 3.33. The second kappa shape index (κ2) is 7.92. The molecule has 0 radical (unpaired) electrons. The number of oxazole rings is 1. The molecular formula is C25H24N2O2. The topological polar surface area (TPSA) is 55.1 Å². The van der Waals surface area contributed by atoms with Crippen molar-refractivity contribution in [3.05, 3.63) is 83.4 Å². The Morgan fingerprint density at radius 3 is 2.55 bits per heavy atom. The van der Waals surface area contributed by atoms with Crippen LogP contribution in [-0.2, 0) is 0 Å². The minimum atomic E-state index is -0.115. The van der Waals surface area contributed by atoms with E-state index in [9.17, 15) is 4.79 Å². The number of nitrogens with zero attached hydrogens (tertiary/aromatic N) is 1. The molecule has 0 saturated carbocycles. The summed E-state index contributed by atoms with van der Waals surface area (Å²) in [5.74, 6) is 0.962. The van der Waals surface area contributed by atoms with Crippen LogP contribution in [0.25, 0.3) is 22.6 Å². The van der Waals surface area contributed by atoms with Gasteiger partial charge in [0.15, 0.2) is 5.58 Å². The number of rotatable bonds is 5. The van der Waals surface area contributed by atoms with Crippen LogP contribution in [0, 0.1) is 6.92 Å². The molecule has 0 saturated heterocycles. The maximum absolute atomic E-state index is 12.5. The summed E-state index contributed by atoms with van der Waals surface area (Å²) in [5.41, 5.74) is 6.16. The first-order valence-electron chi connectivity index (χ1n) is 9.93. The molecular weight excluding hydrogens is 360 g/mol. The summed E-state index contributed by atoms with van der Waals surface area (Å²) in [6.45, 7) is 6.33. The summed E-state index contributed by atoms with van der Waals surface area (Å²) >= 11 is 0. The van der Waals surface area contributed by atoms with Gasteiger partial charge in [0.25, 0.3) is 5.91 Å². The number of nitrogens with one attached hydrogen (secondary N) is 1. The van der Waals surface area contributed by atoms with Crippen molar-refractivity contribution in [1.29, 1.82) is 0 Å². The summed E-state index contributed by atoms with van der Waals surface area (Å²) in [6.07, 6.45) is 1.09. The summed E-state index contributed by atoms with van der Waals surface area (Å²) < 4.78 is 5.93. The third-order valence-corrected chi connectivity index (χ3v) is 5.37. The molecule has 146 valence electrons. The molecule has 0 aliphatic rings. The Bertz CT molecular complexity index is 1160. The maximum atomic E-state index is 12.5. The number of amides is 1. The number of carbonyl (C=O) groups excluding carboxylic acids is 1. The molecule has 0 aliphatic heterocycles. The van der Waals surface area contributed by atoms with Gasteiger partial charge in [-0.1, -0.05) is 38.1 Å². The van der Waals surface area contributed by atoms with Crippen LogP contribution in [0.15, 0.2) is 71.1 Å². The van der Waals surface area contributed by atoms with Crippen LogP contribution in [0.2, 0.25) is 0 Å². The lowest BCUT2D eigenvalue weighted by atomic mass is 9.98. The molecule has 1 heterocycles. The highest BCUT2D eigenvalue weighted by Gasteiger charge is 2.12. The van der Waals surface area contributed by atoms with Crippen molar-refractivity contribution in [3.63, 3.8) is 0 Å². The second-order valence-corrected chi connectivity index (χ2v) is 7.40. The second-order valence-electron chi connectivity index (χ2n) is 7.40. The van der Waals surface area contributed by atoms with E-state index >= 15 is 0 Å².